The quantitative estimate of drug-likeness (QED) is 0.225. The van der Waals surface area contributed by atoms with E-state index in [2.05, 4.69) is 48.0 Å². The summed E-state index contributed by atoms with van der Waals surface area (Å²) in [4.78, 5) is 35.0. The van der Waals surface area contributed by atoms with Crippen molar-refractivity contribution in [2.24, 2.45) is 0 Å². The van der Waals surface area contributed by atoms with Gasteiger partial charge in [0.1, 0.15) is 5.76 Å². The number of alkyl halides is 3. The van der Waals surface area contributed by atoms with Gasteiger partial charge in [-0.15, -0.1) is 11.8 Å². The lowest BCUT2D eigenvalue weighted by molar-refractivity contribution is -0.137. The van der Waals surface area contributed by atoms with Crippen molar-refractivity contribution in [1.82, 2.24) is 14.9 Å². The summed E-state index contributed by atoms with van der Waals surface area (Å²) < 4.78 is 47.8. The van der Waals surface area contributed by atoms with Crippen LogP contribution in [-0.4, -0.2) is 45.8 Å². The maximum Gasteiger partial charge on any atom is 0.418 e. The monoisotopic (exact) mass is 593 g/mol. The molecule has 1 atom stereocenters. The Morgan fingerprint density at radius 2 is 2.02 bits per heavy atom. The van der Waals surface area contributed by atoms with Crippen LogP contribution in [0.15, 0.2) is 51.9 Å². The van der Waals surface area contributed by atoms with Crippen LogP contribution in [0.3, 0.4) is 0 Å². The maximum absolute atomic E-state index is 13.7. The van der Waals surface area contributed by atoms with Gasteiger partial charge in [-0.05, 0) is 37.1 Å². The lowest BCUT2D eigenvalue weighted by atomic mass is 9.94. The molecule has 13 heteroatoms. The number of benzene rings is 1. The summed E-state index contributed by atoms with van der Waals surface area (Å²) in [6.45, 7) is 10.2. The molecule has 0 spiro atoms. The van der Waals surface area contributed by atoms with Crippen LogP contribution in [0.4, 0.5) is 24.0 Å². The Morgan fingerprint density at radius 1 is 1.25 bits per heavy atom. The fourth-order valence-corrected chi connectivity index (χ4v) is 5.89. The van der Waals surface area contributed by atoms with Gasteiger partial charge in [-0.25, -0.2) is 9.97 Å². The zero-order valence-electron chi connectivity index (χ0n) is 22.3. The average Bonchev–Trinajstić information content (AvgIpc) is 3.56. The lowest BCUT2D eigenvalue weighted by Gasteiger charge is -2.33. The Balaban J connectivity index is 1.37. The predicted octanol–water partition coefficient (Wildman–Crippen LogP) is 6.58. The molecule has 0 radical (unpaired) electrons. The van der Waals surface area contributed by atoms with Crippen LogP contribution in [0.25, 0.3) is 0 Å². The molecule has 0 saturated carbocycles. The van der Waals surface area contributed by atoms with E-state index in [1.807, 2.05) is 0 Å². The second-order valence-electron chi connectivity index (χ2n) is 10.3. The number of hydrogen-bond acceptors (Lipinski definition) is 8. The number of amides is 2. The molecule has 3 heterocycles. The molecule has 1 saturated heterocycles. The first-order chi connectivity index (χ1) is 18.8. The molecule has 1 fully saturated rings. The highest BCUT2D eigenvalue weighted by molar-refractivity contribution is 8.00. The Hall–Kier alpha value is -3.32. The van der Waals surface area contributed by atoms with Crippen molar-refractivity contribution < 1.29 is 27.2 Å². The number of aromatic nitrogens is 2. The molecule has 4 rings (SSSR count). The van der Waals surface area contributed by atoms with E-state index in [9.17, 15) is 22.8 Å². The molecule has 2 N–H and O–H groups in total. The summed E-state index contributed by atoms with van der Waals surface area (Å²) >= 11 is 3.04. The minimum atomic E-state index is -4.76. The molecule has 1 aromatic carbocycles. The van der Waals surface area contributed by atoms with Crippen molar-refractivity contribution in [1.29, 1.82) is 0 Å². The molecule has 1 aliphatic heterocycles. The van der Waals surface area contributed by atoms with Crippen molar-refractivity contribution in [2.45, 2.75) is 61.2 Å². The summed E-state index contributed by atoms with van der Waals surface area (Å²) in [5, 5.41) is 6.20. The average molecular weight is 594 g/mol. The molecule has 0 aliphatic carbocycles. The van der Waals surface area contributed by atoms with E-state index in [4.69, 9.17) is 4.42 Å². The summed E-state index contributed by atoms with van der Waals surface area (Å²) in [6, 6.07) is 3.06. The number of thiazole rings is 1. The number of carbonyl (C=O) groups is 2. The number of halogens is 3. The highest BCUT2D eigenvalue weighted by atomic mass is 32.2. The van der Waals surface area contributed by atoms with E-state index in [1.165, 1.54) is 22.3 Å². The van der Waals surface area contributed by atoms with Gasteiger partial charge < -0.3 is 20.0 Å². The second-order valence-corrected chi connectivity index (χ2v) is 12.6. The second kappa shape index (κ2) is 12.0. The van der Waals surface area contributed by atoms with Gasteiger partial charge in [0.05, 0.1) is 33.6 Å². The van der Waals surface area contributed by atoms with Crippen LogP contribution < -0.4 is 10.6 Å². The third-order valence-corrected chi connectivity index (χ3v) is 8.27. The van der Waals surface area contributed by atoms with Gasteiger partial charge in [-0.3, -0.25) is 9.59 Å². The van der Waals surface area contributed by atoms with Gasteiger partial charge in [0.15, 0.2) is 5.13 Å². The number of likely N-dealkylation sites (tertiary alicyclic amines) is 1. The summed E-state index contributed by atoms with van der Waals surface area (Å²) in [6.07, 6.45) is 1.12. The van der Waals surface area contributed by atoms with E-state index in [1.54, 1.807) is 24.2 Å². The van der Waals surface area contributed by atoms with E-state index in [0.717, 1.165) is 34.6 Å². The van der Waals surface area contributed by atoms with Crippen LogP contribution in [0.2, 0.25) is 0 Å². The molecule has 2 aromatic heterocycles. The molecule has 40 heavy (non-hydrogen) atoms. The van der Waals surface area contributed by atoms with Gasteiger partial charge in [0.2, 0.25) is 11.8 Å². The van der Waals surface area contributed by atoms with E-state index in [-0.39, 0.29) is 17.0 Å². The SMILES string of the molecule is C=CC(=O)Nc1ccc(C(=O)N2CCCC(Nc3ncc(SCc4ncc(C(C)(C)C)o4)s3)C2)cc1C(F)(F)F. The van der Waals surface area contributed by atoms with Crippen molar-refractivity contribution >= 4 is 45.7 Å². The normalized spacial score (nSPS) is 16.1. The number of nitrogens with zero attached hydrogens (tertiary/aromatic N) is 3. The van der Waals surface area contributed by atoms with Crippen LogP contribution in [0, 0.1) is 0 Å². The first-order valence-corrected chi connectivity index (χ1v) is 14.4. The van der Waals surface area contributed by atoms with Gasteiger partial charge in [-0.2, -0.15) is 13.2 Å². The lowest BCUT2D eigenvalue weighted by Crippen LogP contribution is -2.45. The number of piperidine rings is 1. The van der Waals surface area contributed by atoms with Crippen LogP contribution in [0.1, 0.15) is 61.2 Å². The molecule has 3 aromatic rings. The van der Waals surface area contributed by atoms with E-state index in [0.29, 0.717) is 36.3 Å². The van der Waals surface area contributed by atoms with Gasteiger partial charge >= 0.3 is 6.18 Å². The van der Waals surface area contributed by atoms with Crippen molar-refractivity contribution in [2.75, 3.05) is 23.7 Å². The van der Waals surface area contributed by atoms with Crippen LogP contribution in [0.5, 0.6) is 0 Å². The largest absolute Gasteiger partial charge is 0.444 e. The fourth-order valence-electron chi connectivity index (χ4n) is 4.09. The third kappa shape index (κ3) is 7.45. The zero-order chi connectivity index (χ0) is 29.1. The molecule has 214 valence electrons. The first kappa shape index (κ1) is 29.7. The van der Waals surface area contributed by atoms with Crippen molar-refractivity contribution in [3.8, 4) is 0 Å². The molecule has 0 bridgehead atoms. The summed E-state index contributed by atoms with van der Waals surface area (Å²) in [5.41, 5.74) is -1.73. The Kier molecular flexibility index (Phi) is 8.93. The number of oxazole rings is 1. The van der Waals surface area contributed by atoms with E-state index >= 15 is 0 Å². The number of thioether (sulfide) groups is 1. The smallest absolute Gasteiger partial charge is 0.418 e. The Labute approximate surface area is 238 Å². The highest BCUT2D eigenvalue weighted by Crippen LogP contribution is 2.36. The predicted molar refractivity (Wildman–Crippen MR) is 150 cm³/mol. The molecule has 2 amide bonds. The van der Waals surface area contributed by atoms with Gasteiger partial charge in [-0.1, -0.05) is 38.7 Å². The minimum absolute atomic E-state index is 0.0985. The van der Waals surface area contributed by atoms with Crippen molar-refractivity contribution in [3.05, 3.63) is 66.0 Å². The van der Waals surface area contributed by atoms with E-state index < -0.39 is 29.2 Å². The zero-order valence-corrected chi connectivity index (χ0v) is 23.9. The Bertz CT molecular complexity index is 1380. The Morgan fingerprint density at radius 3 is 2.70 bits per heavy atom. The number of rotatable bonds is 8. The minimum Gasteiger partial charge on any atom is -0.444 e. The first-order valence-electron chi connectivity index (χ1n) is 12.6. The summed E-state index contributed by atoms with van der Waals surface area (Å²) in [5.74, 6) is 0.764. The summed E-state index contributed by atoms with van der Waals surface area (Å²) in [7, 11) is 0. The molecule has 1 aliphatic rings. The standard InChI is InChI=1S/C27H30F3N5O3S2/c1-5-21(36)34-19-9-8-16(11-18(19)27(28,29)30)24(37)35-10-6-7-17(14-35)33-25-32-13-23(40-25)39-15-22-31-12-20(38-22)26(2,3)4/h5,8-9,11-13,17H,1,6-7,10,14-15H2,2-4H3,(H,32,33)(H,34,36). The number of anilines is 2. The van der Waals surface area contributed by atoms with Crippen LogP contribution >= 0.6 is 23.1 Å². The van der Waals surface area contributed by atoms with Crippen LogP contribution in [-0.2, 0) is 22.1 Å². The number of carbonyl (C=O) groups excluding carboxylic acids is 2. The number of nitrogens with one attached hydrogen (secondary N) is 2. The third-order valence-electron chi connectivity index (χ3n) is 6.17. The van der Waals surface area contributed by atoms with Crippen molar-refractivity contribution in [3.63, 3.8) is 0 Å². The molecule has 1 unspecified atom stereocenters. The van der Waals surface area contributed by atoms with Gasteiger partial charge in [0, 0.05) is 30.1 Å². The fraction of sp³-hybridized carbons (Fsp3) is 0.407. The maximum atomic E-state index is 13.7. The molecular weight excluding hydrogens is 563 g/mol. The molecular formula is C27H30F3N5O3S2. The molecule has 8 nitrogen and oxygen atoms in total. The highest BCUT2D eigenvalue weighted by Gasteiger charge is 2.35. The number of hydrogen-bond donors (Lipinski definition) is 2. The topological polar surface area (TPSA) is 100 Å². The van der Waals surface area contributed by atoms with Gasteiger partial charge in [0.25, 0.3) is 5.91 Å².